The zero-order valence-electron chi connectivity index (χ0n) is 13.4. The fraction of sp³-hybridized carbons (Fsp3) is 0.353. The Kier molecular flexibility index (Phi) is 5.65. The van der Waals surface area contributed by atoms with Gasteiger partial charge in [-0.3, -0.25) is 4.79 Å². The standard InChI is InChI=1S/C17H20N2O4/c1-11-8-13(15-6-5-14(9-20)18-19-15)4-7-16(11)23-10-12(2)17(21)22-3/h4-8,12,20H,9-10H2,1-3H3. The summed E-state index contributed by atoms with van der Waals surface area (Å²) in [6, 6.07) is 9.22. The molecule has 1 atom stereocenters. The first kappa shape index (κ1) is 16.9. The number of carbonyl (C=O) groups excluding carboxylic acids is 1. The highest BCUT2D eigenvalue weighted by atomic mass is 16.5. The summed E-state index contributed by atoms with van der Waals surface area (Å²) in [7, 11) is 1.36. The lowest BCUT2D eigenvalue weighted by atomic mass is 10.1. The van der Waals surface area contributed by atoms with E-state index in [1.807, 2.05) is 31.2 Å². The highest BCUT2D eigenvalue weighted by Crippen LogP contribution is 2.25. The molecule has 0 saturated carbocycles. The summed E-state index contributed by atoms with van der Waals surface area (Å²) in [6.07, 6.45) is 0. The third kappa shape index (κ3) is 4.26. The first-order valence-corrected chi connectivity index (χ1v) is 7.30. The summed E-state index contributed by atoms with van der Waals surface area (Å²) in [6.45, 7) is 3.82. The Bertz CT molecular complexity index is 671. The molecule has 1 aromatic carbocycles. The molecule has 0 aliphatic heterocycles. The molecule has 0 radical (unpaired) electrons. The maximum Gasteiger partial charge on any atom is 0.311 e. The SMILES string of the molecule is COC(=O)C(C)COc1ccc(-c2ccc(CO)nn2)cc1C. The van der Waals surface area contributed by atoms with Crippen LogP contribution in [0.2, 0.25) is 0 Å². The number of aryl methyl sites for hydroxylation is 1. The number of benzene rings is 1. The number of methoxy groups -OCH3 is 1. The number of rotatable bonds is 6. The van der Waals surface area contributed by atoms with Gasteiger partial charge < -0.3 is 14.6 Å². The maximum atomic E-state index is 11.4. The van der Waals surface area contributed by atoms with Gasteiger partial charge in [0.2, 0.25) is 0 Å². The topological polar surface area (TPSA) is 81.5 Å². The second-order valence-corrected chi connectivity index (χ2v) is 5.28. The molecule has 0 aliphatic carbocycles. The zero-order valence-corrected chi connectivity index (χ0v) is 13.4. The van der Waals surface area contributed by atoms with Crippen molar-refractivity contribution in [2.24, 2.45) is 5.92 Å². The molecule has 0 fully saturated rings. The first-order chi connectivity index (χ1) is 11.0. The van der Waals surface area contributed by atoms with Crippen molar-refractivity contribution in [2.45, 2.75) is 20.5 Å². The van der Waals surface area contributed by atoms with Gasteiger partial charge in [0.05, 0.1) is 31.0 Å². The summed E-state index contributed by atoms with van der Waals surface area (Å²) in [5.74, 6) is 0.0962. The molecule has 2 rings (SSSR count). The van der Waals surface area contributed by atoms with Crippen LogP contribution in [0.1, 0.15) is 18.2 Å². The van der Waals surface area contributed by atoms with Gasteiger partial charge in [0, 0.05) is 5.56 Å². The summed E-state index contributed by atoms with van der Waals surface area (Å²) >= 11 is 0. The van der Waals surface area contributed by atoms with Crippen molar-refractivity contribution in [2.75, 3.05) is 13.7 Å². The van der Waals surface area contributed by atoms with E-state index in [0.717, 1.165) is 16.8 Å². The van der Waals surface area contributed by atoms with Gasteiger partial charge in [0.15, 0.2) is 0 Å². The molecule has 1 aromatic heterocycles. The van der Waals surface area contributed by atoms with Crippen molar-refractivity contribution >= 4 is 5.97 Å². The van der Waals surface area contributed by atoms with E-state index in [1.165, 1.54) is 7.11 Å². The highest BCUT2D eigenvalue weighted by molar-refractivity contribution is 5.72. The van der Waals surface area contributed by atoms with Crippen molar-refractivity contribution in [1.29, 1.82) is 0 Å². The third-order valence-electron chi connectivity index (χ3n) is 3.44. The van der Waals surface area contributed by atoms with Gasteiger partial charge in [-0.1, -0.05) is 0 Å². The van der Waals surface area contributed by atoms with E-state index in [4.69, 9.17) is 9.84 Å². The van der Waals surface area contributed by atoms with Crippen molar-refractivity contribution in [3.05, 3.63) is 41.6 Å². The van der Waals surface area contributed by atoms with Crippen LogP contribution < -0.4 is 4.74 Å². The number of carbonyl (C=O) groups is 1. The molecule has 0 spiro atoms. The second-order valence-electron chi connectivity index (χ2n) is 5.28. The Hall–Kier alpha value is -2.47. The summed E-state index contributed by atoms with van der Waals surface area (Å²) < 4.78 is 10.4. The Morgan fingerprint density at radius 1 is 1.26 bits per heavy atom. The molecule has 0 aliphatic rings. The van der Waals surface area contributed by atoms with E-state index in [2.05, 4.69) is 14.9 Å². The van der Waals surface area contributed by atoms with Crippen molar-refractivity contribution in [1.82, 2.24) is 10.2 Å². The molecule has 6 nitrogen and oxygen atoms in total. The molecular formula is C17H20N2O4. The number of aliphatic hydroxyl groups is 1. The maximum absolute atomic E-state index is 11.4. The molecule has 1 unspecified atom stereocenters. The third-order valence-corrected chi connectivity index (χ3v) is 3.44. The van der Waals surface area contributed by atoms with Crippen LogP contribution in [0.5, 0.6) is 5.75 Å². The second kappa shape index (κ2) is 7.69. The minimum Gasteiger partial charge on any atom is -0.492 e. The lowest BCUT2D eigenvalue weighted by Crippen LogP contribution is -2.20. The van der Waals surface area contributed by atoms with Gasteiger partial charge in [-0.15, -0.1) is 0 Å². The number of nitrogens with zero attached hydrogens (tertiary/aromatic N) is 2. The Morgan fingerprint density at radius 2 is 2.04 bits per heavy atom. The van der Waals surface area contributed by atoms with Crippen molar-refractivity contribution in [3.8, 4) is 17.0 Å². The first-order valence-electron chi connectivity index (χ1n) is 7.30. The van der Waals surface area contributed by atoms with E-state index in [9.17, 15) is 4.79 Å². The average Bonchev–Trinajstić information content (AvgIpc) is 2.59. The number of aliphatic hydroxyl groups excluding tert-OH is 1. The average molecular weight is 316 g/mol. The molecule has 0 bridgehead atoms. The quantitative estimate of drug-likeness (QED) is 0.822. The lowest BCUT2D eigenvalue weighted by molar-refractivity contribution is -0.145. The van der Waals surface area contributed by atoms with Gasteiger partial charge in [0.25, 0.3) is 0 Å². The zero-order chi connectivity index (χ0) is 16.8. The Balaban J connectivity index is 2.09. The molecule has 6 heteroatoms. The van der Waals surface area contributed by atoms with E-state index >= 15 is 0 Å². The van der Waals surface area contributed by atoms with Crippen molar-refractivity contribution < 1.29 is 19.4 Å². The largest absolute Gasteiger partial charge is 0.492 e. The molecule has 0 amide bonds. The van der Waals surface area contributed by atoms with Gasteiger partial charge in [-0.05, 0) is 49.7 Å². The van der Waals surface area contributed by atoms with Crippen LogP contribution in [-0.2, 0) is 16.1 Å². The fourth-order valence-corrected chi connectivity index (χ4v) is 2.05. The predicted octanol–water partition coefficient (Wildman–Crippen LogP) is 2.13. The molecule has 23 heavy (non-hydrogen) atoms. The normalized spacial score (nSPS) is 11.8. The van der Waals surface area contributed by atoms with Crippen LogP contribution >= 0.6 is 0 Å². The molecule has 1 heterocycles. The van der Waals surface area contributed by atoms with Gasteiger partial charge in [0.1, 0.15) is 12.4 Å². The van der Waals surface area contributed by atoms with Gasteiger partial charge in [-0.2, -0.15) is 10.2 Å². The highest BCUT2D eigenvalue weighted by Gasteiger charge is 2.14. The fourth-order valence-electron chi connectivity index (χ4n) is 2.05. The number of hydrogen-bond acceptors (Lipinski definition) is 6. The number of hydrogen-bond donors (Lipinski definition) is 1. The summed E-state index contributed by atoms with van der Waals surface area (Å²) in [5.41, 5.74) is 3.10. The molecule has 122 valence electrons. The molecular weight excluding hydrogens is 296 g/mol. The minimum atomic E-state index is -0.323. The number of esters is 1. The van der Waals surface area contributed by atoms with E-state index in [-0.39, 0.29) is 25.1 Å². The van der Waals surface area contributed by atoms with Gasteiger partial charge in [-0.25, -0.2) is 0 Å². The lowest BCUT2D eigenvalue weighted by Gasteiger charge is -2.13. The van der Waals surface area contributed by atoms with E-state index in [1.54, 1.807) is 13.0 Å². The molecule has 1 N–H and O–H groups in total. The van der Waals surface area contributed by atoms with Crippen LogP contribution in [0.4, 0.5) is 0 Å². The predicted molar refractivity (Wildman–Crippen MR) is 84.8 cm³/mol. The van der Waals surface area contributed by atoms with E-state index < -0.39 is 0 Å². The minimum absolute atomic E-state index is 0.128. The van der Waals surface area contributed by atoms with Crippen LogP contribution in [0.3, 0.4) is 0 Å². The summed E-state index contributed by atoms with van der Waals surface area (Å²) in [4.78, 5) is 11.4. The number of aromatic nitrogens is 2. The summed E-state index contributed by atoms with van der Waals surface area (Å²) in [5, 5.41) is 17.0. The van der Waals surface area contributed by atoms with Crippen LogP contribution in [0.15, 0.2) is 30.3 Å². The van der Waals surface area contributed by atoms with Crippen LogP contribution in [0, 0.1) is 12.8 Å². The van der Waals surface area contributed by atoms with Crippen LogP contribution in [-0.4, -0.2) is 35.0 Å². The Labute approximate surface area is 135 Å². The molecule has 2 aromatic rings. The monoisotopic (exact) mass is 316 g/mol. The molecule has 0 saturated heterocycles. The Morgan fingerprint density at radius 3 is 2.61 bits per heavy atom. The van der Waals surface area contributed by atoms with Gasteiger partial charge >= 0.3 is 5.97 Å². The van der Waals surface area contributed by atoms with Crippen molar-refractivity contribution in [3.63, 3.8) is 0 Å². The smallest absolute Gasteiger partial charge is 0.311 e. The van der Waals surface area contributed by atoms with E-state index in [0.29, 0.717) is 11.4 Å². The van der Waals surface area contributed by atoms with Crippen LogP contribution in [0.25, 0.3) is 11.3 Å². The number of ether oxygens (including phenoxy) is 2.